The van der Waals surface area contributed by atoms with Crippen LogP contribution in [-0.4, -0.2) is 45.2 Å². The highest BCUT2D eigenvalue weighted by Crippen LogP contribution is 2.31. The minimum Gasteiger partial charge on any atom is -0.488 e. The summed E-state index contributed by atoms with van der Waals surface area (Å²) in [6, 6.07) is 2.56. The van der Waals surface area contributed by atoms with E-state index >= 15 is 0 Å². The van der Waals surface area contributed by atoms with Gasteiger partial charge in [-0.2, -0.15) is 0 Å². The number of aromatic carboxylic acids is 1. The van der Waals surface area contributed by atoms with Crippen LogP contribution in [0.4, 0.5) is 4.39 Å². The molecule has 120 valence electrons. The molecule has 1 heterocycles. The van der Waals surface area contributed by atoms with Crippen LogP contribution in [0.25, 0.3) is 0 Å². The molecule has 0 fully saturated rings. The van der Waals surface area contributed by atoms with Crippen LogP contribution >= 0.6 is 11.8 Å². The quantitative estimate of drug-likeness (QED) is 0.869. The van der Waals surface area contributed by atoms with Gasteiger partial charge >= 0.3 is 5.97 Å². The van der Waals surface area contributed by atoms with Gasteiger partial charge in [0.15, 0.2) is 0 Å². The molecule has 22 heavy (non-hydrogen) atoms. The predicted molar refractivity (Wildman–Crippen MR) is 83.6 cm³/mol. The average Bonchev–Trinajstić information content (AvgIpc) is 2.86. The zero-order chi connectivity index (χ0) is 16.4. The number of nitrogens with zero attached hydrogens (tertiary/aromatic N) is 1. The average molecular weight is 327 g/mol. The number of aliphatic hydroxyl groups is 1. The minimum atomic E-state index is -1.37. The Morgan fingerprint density at radius 3 is 2.68 bits per heavy atom. The standard InChI is InChI=1S/C15H18FNO4S/c1-7-6-17-14(22-7)11-4-10(21-9(3)8(2)18)5-12(13(11)16)15(19)20/h4-5,7-9,18H,6H2,1-3H3,(H,19,20)/t7?,8-,9+/m0/s1. The number of rotatable bonds is 5. The SMILES string of the molecule is CC1CN=C(c2cc(O[C@H](C)[C@H](C)O)cc(C(=O)O)c2F)S1. The number of hydrogen-bond donors (Lipinski definition) is 2. The van der Waals surface area contributed by atoms with Crippen LogP contribution in [-0.2, 0) is 0 Å². The van der Waals surface area contributed by atoms with E-state index in [1.54, 1.807) is 13.8 Å². The van der Waals surface area contributed by atoms with E-state index < -0.39 is 29.6 Å². The van der Waals surface area contributed by atoms with Crippen molar-refractivity contribution >= 4 is 22.8 Å². The van der Waals surface area contributed by atoms with E-state index in [2.05, 4.69) is 4.99 Å². The normalized spacial score (nSPS) is 20.4. The third-order valence-electron chi connectivity index (χ3n) is 3.31. The molecule has 0 amide bonds. The second kappa shape index (κ2) is 6.66. The third-order valence-corrected chi connectivity index (χ3v) is 4.44. The molecule has 1 aromatic rings. The van der Waals surface area contributed by atoms with Gasteiger partial charge < -0.3 is 14.9 Å². The van der Waals surface area contributed by atoms with Gasteiger partial charge in [0.1, 0.15) is 22.7 Å². The lowest BCUT2D eigenvalue weighted by Crippen LogP contribution is -2.26. The number of thioether (sulfide) groups is 1. The van der Waals surface area contributed by atoms with Crippen LogP contribution in [0.3, 0.4) is 0 Å². The Morgan fingerprint density at radius 2 is 2.18 bits per heavy atom. The zero-order valence-corrected chi connectivity index (χ0v) is 13.4. The first kappa shape index (κ1) is 16.8. The summed E-state index contributed by atoms with van der Waals surface area (Å²) in [5, 5.41) is 19.3. The summed E-state index contributed by atoms with van der Waals surface area (Å²) < 4.78 is 19.9. The van der Waals surface area contributed by atoms with E-state index in [1.165, 1.54) is 17.8 Å². The lowest BCUT2D eigenvalue weighted by atomic mass is 10.1. The van der Waals surface area contributed by atoms with Crippen molar-refractivity contribution in [1.29, 1.82) is 0 Å². The van der Waals surface area contributed by atoms with Gasteiger partial charge in [-0.15, -0.1) is 11.8 Å². The molecule has 0 aromatic heterocycles. The number of ether oxygens (including phenoxy) is 1. The Hall–Kier alpha value is -1.60. The van der Waals surface area contributed by atoms with Crippen molar-refractivity contribution in [2.75, 3.05) is 6.54 Å². The molecule has 1 aliphatic heterocycles. The number of hydrogen-bond acceptors (Lipinski definition) is 5. The van der Waals surface area contributed by atoms with Crippen molar-refractivity contribution in [3.63, 3.8) is 0 Å². The molecule has 1 unspecified atom stereocenters. The van der Waals surface area contributed by atoms with Crippen molar-refractivity contribution < 1.29 is 24.1 Å². The van der Waals surface area contributed by atoms with Gasteiger partial charge in [0.2, 0.25) is 0 Å². The summed E-state index contributed by atoms with van der Waals surface area (Å²) in [4.78, 5) is 15.5. The molecule has 7 heteroatoms. The smallest absolute Gasteiger partial charge is 0.338 e. The van der Waals surface area contributed by atoms with Gasteiger partial charge in [-0.25, -0.2) is 9.18 Å². The maximum Gasteiger partial charge on any atom is 0.338 e. The Bertz CT molecular complexity index is 618. The summed E-state index contributed by atoms with van der Waals surface area (Å²) in [5.41, 5.74) is -0.338. The Morgan fingerprint density at radius 1 is 1.50 bits per heavy atom. The van der Waals surface area contributed by atoms with Gasteiger partial charge in [-0.05, 0) is 26.0 Å². The first-order chi connectivity index (χ1) is 10.3. The molecule has 0 radical (unpaired) electrons. The molecule has 5 nitrogen and oxygen atoms in total. The summed E-state index contributed by atoms with van der Waals surface area (Å²) >= 11 is 1.40. The molecule has 1 aliphatic rings. The van der Waals surface area contributed by atoms with Gasteiger partial charge in [0, 0.05) is 10.8 Å². The number of carboxylic acid groups (broad SMARTS) is 1. The van der Waals surface area contributed by atoms with E-state index in [4.69, 9.17) is 9.84 Å². The molecule has 2 rings (SSSR count). The number of benzene rings is 1. The summed E-state index contributed by atoms with van der Waals surface area (Å²) in [5.74, 6) is -1.99. The lowest BCUT2D eigenvalue weighted by molar-refractivity contribution is 0.0599. The van der Waals surface area contributed by atoms with Crippen LogP contribution in [0.1, 0.15) is 36.7 Å². The van der Waals surface area contributed by atoms with Crippen molar-refractivity contribution in [3.05, 3.63) is 29.1 Å². The highest BCUT2D eigenvalue weighted by Gasteiger charge is 2.25. The van der Waals surface area contributed by atoms with Gasteiger partial charge in [-0.3, -0.25) is 4.99 Å². The van der Waals surface area contributed by atoms with Crippen LogP contribution in [0.15, 0.2) is 17.1 Å². The maximum absolute atomic E-state index is 14.4. The number of aliphatic imine (C=N–C) groups is 1. The Balaban J connectivity index is 2.44. The molecule has 0 aliphatic carbocycles. The first-order valence-electron chi connectivity index (χ1n) is 6.92. The topological polar surface area (TPSA) is 79.1 Å². The van der Waals surface area contributed by atoms with E-state index in [-0.39, 0.29) is 16.6 Å². The first-order valence-corrected chi connectivity index (χ1v) is 7.80. The van der Waals surface area contributed by atoms with Gasteiger partial charge in [0.25, 0.3) is 0 Å². The van der Waals surface area contributed by atoms with E-state index in [9.17, 15) is 14.3 Å². The summed E-state index contributed by atoms with van der Waals surface area (Å²) in [6.07, 6.45) is -1.28. The van der Waals surface area contributed by atoms with Crippen molar-refractivity contribution in [1.82, 2.24) is 0 Å². The molecule has 0 bridgehead atoms. The molecule has 2 N–H and O–H groups in total. The maximum atomic E-state index is 14.4. The Labute approximate surface area is 132 Å². The molecule has 0 spiro atoms. The molecular weight excluding hydrogens is 309 g/mol. The van der Waals surface area contributed by atoms with Gasteiger partial charge in [-0.1, -0.05) is 6.92 Å². The van der Waals surface area contributed by atoms with Crippen molar-refractivity contribution in [2.24, 2.45) is 4.99 Å². The number of carboxylic acids is 1. The van der Waals surface area contributed by atoms with Crippen LogP contribution in [0.5, 0.6) is 5.75 Å². The molecule has 3 atom stereocenters. The molecule has 0 saturated heterocycles. The highest BCUT2D eigenvalue weighted by molar-refractivity contribution is 8.15. The fraction of sp³-hybridized carbons (Fsp3) is 0.467. The van der Waals surface area contributed by atoms with E-state index in [1.807, 2.05) is 6.92 Å². The van der Waals surface area contributed by atoms with Crippen LogP contribution in [0, 0.1) is 5.82 Å². The zero-order valence-electron chi connectivity index (χ0n) is 12.5. The molecule has 0 saturated carbocycles. The van der Waals surface area contributed by atoms with Crippen LogP contribution < -0.4 is 4.74 Å². The second-order valence-electron chi connectivity index (χ2n) is 5.28. The summed E-state index contributed by atoms with van der Waals surface area (Å²) in [6.45, 7) is 5.74. The number of aliphatic hydroxyl groups excluding tert-OH is 1. The lowest BCUT2D eigenvalue weighted by Gasteiger charge is -2.18. The fourth-order valence-electron chi connectivity index (χ4n) is 1.92. The second-order valence-corrected chi connectivity index (χ2v) is 6.70. The monoisotopic (exact) mass is 327 g/mol. The Kier molecular flexibility index (Phi) is 5.08. The predicted octanol–water partition coefficient (Wildman–Crippen LogP) is 2.55. The molecular formula is C15H18FNO4S. The van der Waals surface area contributed by atoms with Crippen molar-refractivity contribution in [3.8, 4) is 5.75 Å². The van der Waals surface area contributed by atoms with Gasteiger partial charge in [0.05, 0.1) is 18.2 Å². The fourth-order valence-corrected chi connectivity index (χ4v) is 2.87. The van der Waals surface area contributed by atoms with E-state index in [0.29, 0.717) is 11.6 Å². The molecule has 1 aromatic carbocycles. The minimum absolute atomic E-state index is 0.127. The highest BCUT2D eigenvalue weighted by atomic mass is 32.2. The van der Waals surface area contributed by atoms with E-state index in [0.717, 1.165) is 6.07 Å². The summed E-state index contributed by atoms with van der Waals surface area (Å²) in [7, 11) is 0. The van der Waals surface area contributed by atoms with Crippen molar-refractivity contribution in [2.45, 2.75) is 38.2 Å². The number of carbonyl (C=O) groups is 1. The van der Waals surface area contributed by atoms with Crippen LogP contribution in [0.2, 0.25) is 0 Å². The third kappa shape index (κ3) is 3.59. The number of halogens is 1. The largest absolute Gasteiger partial charge is 0.488 e.